The quantitative estimate of drug-likeness (QED) is 0.274. The van der Waals surface area contributed by atoms with Crippen LogP contribution >= 0.6 is 11.8 Å². The van der Waals surface area contributed by atoms with Gasteiger partial charge in [-0.3, -0.25) is 19.7 Å². The minimum atomic E-state index is -0.544. The molecule has 0 unspecified atom stereocenters. The van der Waals surface area contributed by atoms with E-state index in [4.69, 9.17) is 0 Å². The summed E-state index contributed by atoms with van der Waals surface area (Å²) in [4.78, 5) is 40.7. The molecule has 8 heteroatoms. The van der Waals surface area contributed by atoms with E-state index in [-0.39, 0.29) is 28.3 Å². The zero-order chi connectivity index (χ0) is 16.8. The molecule has 2 aromatic rings. The van der Waals surface area contributed by atoms with E-state index in [9.17, 15) is 19.7 Å². The number of rotatable bonds is 7. The van der Waals surface area contributed by atoms with E-state index in [0.717, 1.165) is 18.2 Å². The number of carbonyl (C=O) groups is 1. The van der Waals surface area contributed by atoms with E-state index in [2.05, 4.69) is 9.97 Å². The van der Waals surface area contributed by atoms with Crippen molar-refractivity contribution in [3.8, 4) is 0 Å². The number of ketones is 1. The van der Waals surface area contributed by atoms with Gasteiger partial charge in [0.15, 0.2) is 10.9 Å². The second kappa shape index (κ2) is 7.68. The second-order valence-electron chi connectivity index (χ2n) is 4.81. The molecule has 1 aromatic carbocycles. The highest BCUT2D eigenvalue weighted by Gasteiger charge is 2.12. The summed E-state index contributed by atoms with van der Waals surface area (Å²) in [5.41, 5.74) is 0.561. The number of aromatic amines is 1. The number of nitro benzene ring substituents is 1. The number of H-pyrrole nitrogens is 1. The van der Waals surface area contributed by atoms with Crippen molar-refractivity contribution in [3.63, 3.8) is 0 Å². The first-order valence-corrected chi connectivity index (χ1v) is 7.99. The number of aromatic nitrogens is 2. The van der Waals surface area contributed by atoms with Gasteiger partial charge in [-0.2, -0.15) is 0 Å². The van der Waals surface area contributed by atoms with Crippen LogP contribution in [0.5, 0.6) is 0 Å². The molecule has 0 aliphatic heterocycles. The Hall–Kier alpha value is -2.48. The van der Waals surface area contributed by atoms with Gasteiger partial charge >= 0.3 is 0 Å². The van der Waals surface area contributed by atoms with Crippen molar-refractivity contribution in [1.29, 1.82) is 0 Å². The Bertz CT molecular complexity index is 788. The molecule has 23 heavy (non-hydrogen) atoms. The molecule has 0 aliphatic carbocycles. The number of thioether (sulfide) groups is 1. The number of hydrogen-bond donors (Lipinski definition) is 1. The zero-order valence-electron chi connectivity index (χ0n) is 12.4. The van der Waals surface area contributed by atoms with Crippen LogP contribution in [0.4, 0.5) is 5.69 Å². The van der Waals surface area contributed by atoms with Crippen LogP contribution in [0, 0.1) is 10.1 Å². The molecule has 0 saturated carbocycles. The fourth-order valence-electron chi connectivity index (χ4n) is 1.95. The smallest absolute Gasteiger partial charge is 0.270 e. The van der Waals surface area contributed by atoms with Gasteiger partial charge in [-0.15, -0.1) is 0 Å². The third-order valence-corrected chi connectivity index (χ3v) is 3.87. The molecule has 1 heterocycles. The maximum absolute atomic E-state index is 12.1. The van der Waals surface area contributed by atoms with Crippen molar-refractivity contribution in [2.24, 2.45) is 0 Å². The highest BCUT2D eigenvalue weighted by molar-refractivity contribution is 7.99. The van der Waals surface area contributed by atoms with Gasteiger partial charge in [-0.05, 0) is 6.42 Å². The topological polar surface area (TPSA) is 106 Å². The number of carbonyl (C=O) groups excluding carboxylic acids is 1. The lowest BCUT2D eigenvalue weighted by Gasteiger charge is -2.03. The molecule has 1 N–H and O–H groups in total. The minimum Gasteiger partial charge on any atom is -0.301 e. The maximum atomic E-state index is 12.1. The number of aryl methyl sites for hydroxylation is 1. The molecule has 0 aliphatic rings. The average Bonchev–Trinajstić information content (AvgIpc) is 2.52. The Morgan fingerprint density at radius 1 is 1.39 bits per heavy atom. The predicted octanol–water partition coefficient (Wildman–Crippen LogP) is 2.61. The van der Waals surface area contributed by atoms with Crippen LogP contribution in [-0.2, 0) is 6.42 Å². The summed E-state index contributed by atoms with van der Waals surface area (Å²) in [6.45, 7) is 1.99. The first-order valence-electron chi connectivity index (χ1n) is 7.00. The molecule has 0 bridgehead atoms. The summed E-state index contributed by atoms with van der Waals surface area (Å²) in [6, 6.07) is 7.01. The van der Waals surface area contributed by atoms with Crippen molar-refractivity contribution in [2.75, 3.05) is 5.75 Å². The van der Waals surface area contributed by atoms with Crippen LogP contribution in [-0.4, -0.2) is 26.4 Å². The highest BCUT2D eigenvalue weighted by Crippen LogP contribution is 2.18. The zero-order valence-corrected chi connectivity index (χ0v) is 13.3. The van der Waals surface area contributed by atoms with E-state index >= 15 is 0 Å². The SMILES string of the molecule is CCCc1cc(=O)[nH]c(SCC(=O)c2cccc([N+](=O)[O-])c2)n1. The highest BCUT2D eigenvalue weighted by atomic mass is 32.2. The summed E-state index contributed by atoms with van der Waals surface area (Å²) in [6.07, 6.45) is 1.56. The lowest BCUT2D eigenvalue weighted by molar-refractivity contribution is -0.384. The van der Waals surface area contributed by atoms with E-state index in [1.165, 1.54) is 30.3 Å². The van der Waals surface area contributed by atoms with E-state index in [1.54, 1.807) is 0 Å². The first-order chi connectivity index (χ1) is 11.0. The molecule has 1 aromatic heterocycles. The van der Waals surface area contributed by atoms with Gasteiger partial charge in [0, 0.05) is 29.5 Å². The summed E-state index contributed by atoms with van der Waals surface area (Å²) in [5, 5.41) is 11.1. The van der Waals surface area contributed by atoms with Gasteiger partial charge in [0.05, 0.1) is 10.7 Å². The lowest BCUT2D eigenvalue weighted by Crippen LogP contribution is -2.11. The van der Waals surface area contributed by atoms with Gasteiger partial charge in [0.1, 0.15) is 0 Å². The van der Waals surface area contributed by atoms with Gasteiger partial charge in [-0.25, -0.2) is 4.98 Å². The van der Waals surface area contributed by atoms with Crippen molar-refractivity contribution >= 4 is 23.2 Å². The fraction of sp³-hybridized carbons (Fsp3) is 0.267. The lowest BCUT2D eigenvalue weighted by atomic mass is 10.1. The molecule has 0 spiro atoms. The molecule has 0 fully saturated rings. The Kier molecular flexibility index (Phi) is 5.64. The maximum Gasteiger partial charge on any atom is 0.270 e. The van der Waals surface area contributed by atoms with E-state index in [0.29, 0.717) is 17.3 Å². The molecular formula is C15H15N3O4S. The van der Waals surface area contributed by atoms with Crippen molar-refractivity contribution in [2.45, 2.75) is 24.9 Å². The number of nitro groups is 1. The molecular weight excluding hydrogens is 318 g/mol. The van der Waals surface area contributed by atoms with Crippen LogP contribution in [0.25, 0.3) is 0 Å². The predicted molar refractivity (Wildman–Crippen MR) is 87.0 cm³/mol. The molecule has 7 nitrogen and oxygen atoms in total. The minimum absolute atomic E-state index is 0.0414. The van der Waals surface area contributed by atoms with E-state index < -0.39 is 4.92 Å². The van der Waals surface area contributed by atoms with Crippen LogP contribution in [0.15, 0.2) is 40.3 Å². The fourth-order valence-corrected chi connectivity index (χ4v) is 2.74. The normalized spacial score (nSPS) is 10.5. The summed E-state index contributed by atoms with van der Waals surface area (Å²) < 4.78 is 0. The largest absolute Gasteiger partial charge is 0.301 e. The van der Waals surface area contributed by atoms with Gasteiger partial charge in [0.25, 0.3) is 11.2 Å². The number of nitrogens with one attached hydrogen (secondary N) is 1. The molecule has 2 rings (SSSR count). The first kappa shape index (κ1) is 16.9. The second-order valence-corrected chi connectivity index (χ2v) is 5.78. The average molecular weight is 333 g/mol. The monoisotopic (exact) mass is 333 g/mol. The molecule has 0 amide bonds. The van der Waals surface area contributed by atoms with Crippen molar-refractivity contribution < 1.29 is 9.72 Å². The summed E-state index contributed by atoms with van der Waals surface area (Å²) >= 11 is 1.11. The van der Waals surface area contributed by atoms with Crippen LogP contribution < -0.4 is 5.56 Å². The summed E-state index contributed by atoms with van der Waals surface area (Å²) in [5.74, 6) is -0.220. The van der Waals surface area contributed by atoms with Crippen LogP contribution in [0.3, 0.4) is 0 Å². The standard InChI is InChI=1S/C15H15N3O4S/c1-2-4-11-8-14(20)17-15(16-11)23-9-13(19)10-5-3-6-12(7-10)18(21)22/h3,5-8H,2,4,9H2,1H3,(H,16,17,20). The Balaban J connectivity index is 2.08. The van der Waals surface area contributed by atoms with Crippen molar-refractivity contribution in [3.05, 3.63) is 62.1 Å². The van der Waals surface area contributed by atoms with Crippen LogP contribution in [0.2, 0.25) is 0 Å². The number of benzene rings is 1. The van der Waals surface area contributed by atoms with E-state index in [1.807, 2.05) is 6.92 Å². The number of hydrogen-bond acceptors (Lipinski definition) is 6. The van der Waals surface area contributed by atoms with Crippen molar-refractivity contribution in [1.82, 2.24) is 9.97 Å². The van der Waals surface area contributed by atoms with Gasteiger partial charge in [-0.1, -0.05) is 37.2 Å². The number of Topliss-reactive ketones (excluding diaryl/α,β-unsaturated/α-hetero) is 1. The molecule has 0 radical (unpaired) electrons. The van der Waals surface area contributed by atoms with Gasteiger partial charge < -0.3 is 4.98 Å². The number of nitrogens with zero attached hydrogens (tertiary/aromatic N) is 2. The molecule has 0 atom stereocenters. The molecule has 0 saturated heterocycles. The molecule has 120 valence electrons. The third kappa shape index (κ3) is 4.75. The Morgan fingerprint density at radius 3 is 2.87 bits per heavy atom. The van der Waals surface area contributed by atoms with Gasteiger partial charge in [0.2, 0.25) is 0 Å². The number of non-ortho nitro benzene ring substituents is 1. The summed E-state index contributed by atoms with van der Waals surface area (Å²) in [7, 11) is 0. The van der Waals surface area contributed by atoms with Crippen LogP contribution in [0.1, 0.15) is 29.4 Å². The Labute approximate surface area is 136 Å². The third-order valence-electron chi connectivity index (χ3n) is 3.00. The Morgan fingerprint density at radius 2 is 2.17 bits per heavy atom.